The molecule has 0 bridgehead atoms. The van der Waals surface area contributed by atoms with Gasteiger partial charge >= 0.3 is 11.9 Å². The van der Waals surface area contributed by atoms with Crippen molar-refractivity contribution in [2.24, 2.45) is 11.8 Å². The Morgan fingerprint density at radius 2 is 1.70 bits per heavy atom. The van der Waals surface area contributed by atoms with Crippen LogP contribution < -0.4 is 0 Å². The highest BCUT2D eigenvalue weighted by Crippen LogP contribution is 2.35. The van der Waals surface area contributed by atoms with E-state index < -0.39 is 6.10 Å². The van der Waals surface area contributed by atoms with Gasteiger partial charge in [0.1, 0.15) is 11.9 Å². The summed E-state index contributed by atoms with van der Waals surface area (Å²) >= 11 is 0. The van der Waals surface area contributed by atoms with Gasteiger partial charge in [-0.1, -0.05) is 58.3 Å². The maximum atomic E-state index is 12.6. The fourth-order valence-corrected chi connectivity index (χ4v) is 3.89. The van der Waals surface area contributed by atoms with Crippen LogP contribution in [0.5, 0.6) is 0 Å². The highest BCUT2D eigenvalue weighted by molar-refractivity contribution is 5.85. The number of hydrogen-bond acceptors (Lipinski definition) is 5. The maximum Gasteiger partial charge on any atom is 0.305 e. The largest absolute Gasteiger partial charge is 0.466 e. The Morgan fingerprint density at radius 1 is 0.967 bits per heavy atom. The number of unbranched alkanes of at least 4 members (excludes halogenated alkanes) is 7. The zero-order valence-corrected chi connectivity index (χ0v) is 19.2. The van der Waals surface area contributed by atoms with Gasteiger partial charge in [0.2, 0.25) is 0 Å². The van der Waals surface area contributed by atoms with Gasteiger partial charge in [-0.25, -0.2) is 0 Å². The van der Waals surface area contributed by atoms with Gasteiger partial charge in [0.05, 0.1) is 12.5 Å². The van der Waals surface area contributed by atoms with E-state index in [0.717, 1.165) is 44.9 Å². The smallest absolute Gasteiger partial charge is 0.305 e. The van der Waals surface area contributed by atoms with E-state index in [1.807, 2.05) is 6.92 Å². The van der Waals surface area contributed by atoms with Crippen LogP contribution in [0.4, 0.5) is 0 Å². The first-order chi connectivity index (χ1) is 14.5. The summed E-state index contributed by atoms with van der Waals surface area (Å²) in [5, 5.41) is 0. The van der Waals surface area contributed by atoms with Crippen LogP contribution in [0, 0.1) is 23.7 Å². The summed E-state index contributed by atoms with van der Waals surface area (Å²) in [5.74, 6) is 5.98. The summed E-state index contributed by atoms with van der Waals surface area (Å²) < 4.78 is 10.5. The molecule has 0 aliphatic heterocycles. The van der Waals surface area contributed by atoms with E-state index in [0.29, 0.717) is 19.4 Å². The third kappa shape index (κ3) is 10.3. The third-order valence-electron chi connectivity index (χ3n) is 5.60. The van der Waals surface area contributed by atoms with Crippen LogP contribution in [0.3, 0.4) is 0 Å². The van der Waals surface area contributed by atoms with Crippen LogP contribution in [0.2, 0.25) is 0 Å². The maximum absolute atomic E-state index is 12.6. The minimum absolute atomic E-state index is 0.140. The van der Waals surface area contributed by atoms with Crippen molar-refractivity contribution in [2.75, 3.05) is 6.61 Å². The summed E-state index contributed by atoms with van der Waals surface area (Å²) in [6.07, 6.45) is 10.6. The molecule has 1 rings (SSSR count). The lowest BCUT2D eigenvalue weighted by molar-refractivity contribution is -0.149. The minimum Gasteiger partial charge on any atom is -0.466 e. The molecule has 0 N–H and O–H groups in total. The van der Waals surface area contributed by atoms with Crippen molar-refractivity contribution in [3.05, 3.63) is 0 Å². The molecule has 170 valence electrons. The lowest BCUT2D eigenvalue weighted by atomic mass is 9.89. The summed E-state index contributed by atoms with van der Waals surface area (Å²) in [4.78, 5) is 35.8. The summed E-state index contributed by atoms with van der Waals surface area (Å²) in [6, 6.07) is 0. The lowest BCUT2D eigenvalue weighted by Gasteiger charge is -2.19. The second-order valence-corrected chi connectivity index (χ2v) is 8.07. The number of esters is 2. The Kier molecular flexibility index (Phi) is 13.9. The zero-order valence-electron chi connectivity index (χ0n) is 19.2. The fourth-order valence-electron chi connectivity index (χ4n) is 3.89. The van der Waals surface area contributed by atoms with Crippen molar-refractivity contribution in [3.8, 4) is 11.8 Å². The summed E-state index contributed by atoms with van der Waals surface area (Å²) in [5.41, 5.74) is 0. The molecule has 0 aromatic heterocycles. The number of carbonyl (C=O) groups is 3. The Labute approximate surface area is 182 Å². The Balaban J connectivity index is 2.53. The monoisotopic (exact) mass is 420 g/mol. The van der Waals surface area contributed by atoms with E-state index >= 15 is 0 Å². The van der Waals surface area contributed by atoms with E-state index in [2.05, 4.69) is 18.8 Å². The van der Waals surface area contributed by atoms with E-state index in [9.17, 15) is 14.4 Å². The first kappa shape index (κ1) is 26.2. The summed E-state index contributed by atoms with van der Waals surface area (Å²) in [7, 11) is 0. The molecule has 1 fully saturated rings. The molecule has 0 unspecified atom stereocenters. The van der Waals surface area contributed by atoms with Gasteiger partial charge in [-0.05, 0) is 26.2 Å². The van der Waals surface area contributed by atoms with Gasteiger partial charge in [-0.15, -0.1) is 5.92 Å². The molecule has 1 aliphatic carbocycles. The molecule has 0 radical (unpaired) electrons. The first-order valence-electron chi connectivity index (χ1n) is 11.9. The molecule has 0 spiro atoms. The quantitative estimate of drug-likeness (QED) is 0.214. The van der Waals surface area contributed by atoms with Gasteiger partial charge < -0.3 is 9.47 Å². The molecule has 3 atom stereocenters. The fraction of sp³-hybridized carbons (Fsp3) is 0.800. The van der Waals surface area contributed by atoms with Crippen LogP contribution in [-0.2, 0) is 23.9 Å². The predicted octanol–water partition coefficient (Wildman–Crippen LogP) is 5.39. The standard InChI is InChI=1S/C25H40O5/c1-4-7-8-9-10-14-17-21-20(22(26)19-23(21)30-24(27)5-2)16-13-11-12-15-18-25(28)29-6-3/h20-21,23H,4-13,15-16,18-19H2,1-3H3/t20-,21-,23-/m1/s1. The highest BCUT2D eigenvalue weighted by Gasteiger charge is 2.43. The molecule has 1 aliphatic rings. The van der Waals surface area contributed by atoms with Gasteiger partial charge in [-0.2, -0.15) is 0 Å². The van der Waals surface area contributed by atoms with Gasteiger partial charge in [-0.3, -0.25) is 14.4 Å². The number of ether oxygens (including phenoxy) is 2. The van der Waals surface area contributed by atoms with Crippen LogP contribution in [0.15, 0.2) is 0 Å². The second kappa shape index (κ2) is 15.9. The topological polar surface area (TPSA) is 69.7 Å². The molecule has 0 aromatic carbocycles. The van der Waals surface area contributed by atoms with Gasteiger partial charge in [0, 0.05) is 31.6 Å². The Bertz CT molecular complexity index is 586. The molecule has 0 amide bonds. The van der Waals surface area contributed by atoms with Gasteiger partial charge in [0.25, 0.3) is 0 Å². The van der Waals surface area contributed by atoms with Crippen LogP contribution >= 0.6 is 0 Å². The Hall–Kier alpha value is -1.83. The molecule has 0 saturated heterocycles. The highest BCUT2D eigenvalue weighted by atomic mass is 16.5. The predicted molar refractivity (Wildman–Crippen MR) is 118 cm³/mol. The molecule has 5 heteroatoms. The zero-order chi connectivity index (χ0) is 22.2. The first-order valence-corrected chi connectivity index (χ1v) is 11.9. The molecule has 5 nitrogen and oxygen atoms in total. The normalized spacial score (nSPS) is 20.5. The van der Waals surface area contributed by atoms with Crippen LogP contribution in [0.25, 0.3) is 0 Å². The van der Waals surface area contributed by atoms with E-state index in [1.54, 1.807) is 6.92 Å². The minimum atomic E-state index is -0.401. The van der Waals surface area contributed by atoms with Crippen molar-refractivity contribution >= 4 is 17.7 Å². The van der Waals surface area contributed by atoms with Gasteiger partial charge in [0.15, 0.2) is 0 Å². The van der Waals surface area contributed by atoms with E-state index in [1.165, 1.54) is 19.3 Å². The van der Waals surface area contributed by atoms with Crippen LogP contribution in [0.1, 0.15) is 104 Å². The molecule has 1 saturated carbocycles. The average molecular weight is 421 g/mol. The molecule has 30 heavy (non-hydrogen) atoms. The third-order valence-corrected chi connectivity index (χ3v) is 5.60. The molecule has 0 heterocycles. The number of carbonyl (C=O) groups excluding carboxylic acids is 3. The number of ketones is 1. The summed E-state index contributed by atoms with van der Waals surface area (Å²) in [6.45, 7) is 6.19. The number of hydrogen-bond donors (Lipinski definition) is 0. The van der Waals surface area contributed by atoms with Crippen molar-refractivity contribution in [1.82, 2.24) is 0 Å². The lowest BCUT2D eigenvalue weighted by Crippen LogP contribution is -2.24. The number of rotatable bonds is 14. The number of Topliss-reactive ketones (excluding diaryl/α,β-unsaturated/α-hetero) is 1. The second-order valence-electron chi connectivity index (χ2n) is 8.07. The Morgan fingerprint density at radius 3 is 2.40 bits per heavy atom. The molecule has 0 aromatic rings. The van der Waals surface area contributed by atoms with Crippen LogP contribution in [-0.4, -0.2) is 30.4 Å². The molecular formula is C25H40O5. The molecular weight excluding hydrogens is 380 g/mol. The van der Waals surface area contributed by atoms with Crippen molar-refractivity contribution in [3.63, 3.8) is 0 Å². The van der Waals surface area contributed by atoms with Crippen molar-refractivity contribution < 1.29 is 23.9 Å². The van der Waals surface area contributed by atoms with E-state index in [-0.39, 0.29) is 36.0 Å². The van der Waals surface area contributed by atoms with Crippen molar-refractivity contribution in [1.29, 1.82) is 0 Å². The average Bonchev–Trinajstić information content (AvgIpc) is 3.01. The SMILES string of the molecule is CCCCCCC#C[C@H]1[C@H](OC(=O)CC)CC(=O)[C@@H]1CCCCCCC(=O)OCC. The van der Waals surface area contributed by atoms with Crippen molar-refractivity contribution in [2.45, 2.75) is 110 Å². The van der Waals surface area contributed by atoms with E-state index in [4.69, 9.17) is 9.47 Å².